The molecule has 0 radical (unpaired) electrons. The fourth-order valence-electron chi connectivity index (χ4n) is 9.45. The van der Waals surface area contributed by atoms with E-state index in [1.807, 2.05) is 11.3 Å². The lowest BCUT2D eigenvalue weighted by molar-refractivity contribution is 1.29. The average Bonchev–Trinajstić information content (AvgIpc) is 3.72. The predicted octanol–water partition coefficient (Wildman–Crippen LogP) is 17.1. The Morgan fingerprint density at radius 3 is 1.45 bits per heavy atom. The van der Waals surface area contributed by atoms with E-state index < -0.39 is 0 Å². The molecule has 0 saturated carbocycles. The van der Waals surface area contributed by atoms with Crippen LogP contribution in [0.4, 0.5) is 17.1 Å². The highest BCUT2D eigenvalue weighted by Crippen LogP contribution is 2.47. The topological polar surface area (TPSA) is 3.24 Å². The van der Waals surface area contributed by atoms with E-state index >= 15 is 0 Å². The van der Waals surface area contributed by atoms with Gasteiger partial charge in [-0.05, 0) is 107 Å². The van der Waals surface area contributed by atoms with Gasteiger partial charge in [0, 0.05) is 42.8 Å². The Bertz CT molecular complexity index is 3560. The third kappa shape index (κ3) is 5.61. The zero-order valence-electron chi connectivity index (χ0n) is 32.7. The van der Waals surface area contributed by atoms with E-state index in [9.17, 15) is 0 Å². The van der Waals surface area contributed by atoms with Crippen LogP contribution in [-0.2, 0) is 0 Å². The van der Waals surface area contributed by atoms with E-state index in [0.717, 1.165) is 17.1 Å². The highest BCUT2D eigenvalue weighted by Gasteiger charge is 2.19. The molecule has 0 bridgehead atoms. The first-order valence-electron chi connectivity index (χ1n) is 20.6. The van der Waals surface area contributed by atoms with Crippen LogP contribution in [0.1, 0.15) is 0 Å². The van der Waals surface area contributed by atoms with Crippen LogP contribution in [0.25, 0.3) is 96.6 Å². The molecular formula is C58H37NS. The lowest BCUT2D eigenvalue weighted by Crippen LogP contribution is -2.10. The van der Waals surface area contributed by atoms with Gasteiger partial charge in [-0.3, -0.25) is 0 Å². The molecule has 0 unspecified atom stereocenters. The van der Waals surface area contributed by atoms with Crippen LogP contribution in [0.2, 0.25) is 0 Å². The molecule has 0 aliphatic rings. The number of hydrogen-bond donors (Lipinski definition) is 0. The van der Waals surface area contributed by atoms with Crippen molar-refractivity contribution in [2.24, 2.45) is 0 Å². The maximum Gasteiger partial charge on any atom is 0.0468 e. The van der Waals surface area contributed by atoms with Gasteiger partial charge >= 0.3 is 0 Å². The quantitative estimate of drug-likeness (QED) is 0.152. The third-order valence-electron chi connectivity index (χ3n) is 12.2. The van der Waals surface area contributed by atoms with Crippen molar-refractivity contribution in [2.75, 3.05) is 4.90 Å². The molecule has 0 N–H and O–H groups in total. The molecule has 0 aliphatic carbocycles. The van der Waals surface area contributed by atoms with Gasteiger partial charge in [0.2, 0.25) is 0 Å². The first-order chi connectivity index (χ1) is 29.8. The third-order valence-corrected chi connectivity index (χ3v) is 13.5. The van der Waals surface area contributed by atoms with Crippen molar-refractivity contribution in [3.05, 3.63) is 224 Å². The molecule has 0 spiro atoms. The van der Waals surface area contributed by atoms with Gasteiger partial charge in [-0.15, -0.1) is 11.3 Å². The van der Waals surface area contributed by atoms with Crippen LogP contribution in [0.3, 0.4) is 0 Å². The summed E-state index contributed by atoms with van der Waals surface area (Å²) in [6.45, 7) is 0. The summed E-state index contributed by atoms with van der Waals surface area (Å²) in [6.07, 6.45) is 0. The van der Waals surface area contributed by atoms with Gasteiger partial charge in [-0.2, -0.15) is 0 Å². The number of benzene rings is 11. The Kier molecular flexibility index (Phi) is 8.11. The highest BCUT2D eigenvalue weighted by molar-refractivity contribution is 7.26. The molecule has 11 aromatic carbocycles. The Morgan fingerprint density at radius 1 is 0.250 bits per heavy atom. The summed E-state index contributed by atoms with van der Waals surface area (Å²) in [4.78, 5) is 2.42. The number of thiophene rings is 1. The Morgan fingerprint density at radius 2 is 0.717 bits per heavy atom. The molecule has 60 heavy (non-hydrogen) atoms. The van der Waals surface area contributed by atoms with Gasteiger partial charge < -0.3 is 4.90 Å². The second-order valence-electron chi connectivity index (χ2n) is 15.6. The second-order valence-corrected chi connectivity index (χ2v) is 16.6. The van der Waals surface area contributed by atoms with Gasteiger partial charge in [-0.1, -0.05) is 188 Å². The van der Waals surface area contributed by atoms with Gasteiger partial charge in [0.05, 0.1) is 0 Å². The van der Waals surface area contributed by atoms with E-state index in [0.29, 0.717) is 0 Å². The molecule has 2 heteroatoms. The van der Waals surface area contributed by atoms with Crippen molar-refractivity contribution in [1.29, 1.82) is 0 Å². The number of rotatable bonds is 6. The molecule has 1 heterocycles. The Hall–Kier alpha value is -7.52. The molecule has 12 rings (SSSR count). The predicted molar refractivity (Wildman–Crippen MR) is 260 cm³/mol. The molecule has 12 aromatic rings. The lowest BCUT2D eigenvalue weighted by Gasteiger charge is -2.27. The van der Waals surface area contributed by atoms with Gasteiger partial charge in [-0.25, -0.2) is 0 Å². The standard InChI is InChI=1S/C58H37NS/c1-2-14-38(15-3-1)39-30-32-42(33-31-39)59(44-34-35-52-50-23-7-6-21-48(50)49-22-8-9-24-51(49)56(52)37-44)43-19-10-18-41(36-43)46-25-12-28-54-55-29-13-27-53(58(55)60-57(46)54)47-26-11-17-40-16-4-5-20-45(40)47/h1-37H. The summed E-state index contributed by atoms with van der Waals surface area (Å²) in [7, 11) is 0. The van der Waals surface area contributed by atoms with Crippen molar-refractivity contribution in [3.63, 3.8) is 0 Å². The smallest absolute Gasteiger partial charge is 0.0468 e. The molecule has 1 aromatic heterocycles. The molecule has 1 nitrogen and oxygen atoms in total. The number of nitrogens with zero attached hydrogens (tertiary/aromatic N) is 1. The zero-order chi connectivity index (χ0) is 39.6. The molecular weight excluding hydrogens is 743 g/mol. The van der Waals surface area contributed by atoms with Crippen LogP contribution in [0.15, 0.2) is 224 Å². The van der Waals surface area contributed by atoms with E-state index in [4.69, 9.17) is 0 Å². The van der Waals surface area contributed by atoms with Gasteiger partial charge in [0.25, 0.3) is 0 Å². The van der Waals surface area contributed by atoms with Crippen molar-refractivity contribution in [2.45, 2.75) is 0 Å². The number of fused-ring (bicyclic) bond motifs is 10. The van der Waals surface area contributed by atoms with E-state index in [2.05, 4.69) is 229 Å². The second kappa shape index (κ2) is 14.1. The van der Waals surface area contributed by atoms with E-state index in [1.165, 1.54) is 96.6 Å². The summed E-state index contributed by atoms with van der Waals surface area (Å²) in [5.41, 5.74) is 10.7. The zero-order valence-corrected chi connectivity index (χ0v) is 33.5. The summed E-state index contributed by atoms with van der Waals surface area (Å²) < 4.78 is 2.63. The van der Waals surface area contributed by atoms with Crippen LogP contribution < -0.4 is 4.90 Å². The maximum atomic E-state index is 2.42. The van der Waals surface area contributed by atoms with Gasteiger partial charge in [0.1, 0.15) is 0 Å². The number of hydrogen-bond acceptors (Lipinski definition) is 2. The fraction of sp³-hybridized carbons (Fsp3) is 0. The molecule has 0 fully saturated rings. The van der Waals surface area contributed by atoms with E-state index in [-0.39, 0.29) is 0 Å². The maximum absolute atomic E-state index is 2.42. The largest absolute Gasteiger partial charge is 0.310 e. The van der Waals surface area contributed by atoms with Crippen LogP contribution in [-0.4, -0.2) is 0 Å². The Labute approximate surface area is 352 Å². The van der Waals surface area contributed by atoms with Crippen LogP contribution >= 0.6 is 11.3 Å². The first-order valence-corrected chi connectivity index (χ1v) is 21.4. The average molecular weight is 780 g/mol. The van der Waals surface area contributed by atoms with Crippen LogP contribution in [0.5, 0.6) is 0 Å². The summed E-state index contributed by atoms with van der Waals surface area (Å²) in [6, 6.07) is 82.4. The number of anilines is 3. The lowest BCUT2D eigenvalue weighted by atomic mass is 9.94. The molecule has 0 amide bonds. The monoisotopic (exact) mass is 779 g/mol. The van der Waals surface area contributed by atoms with Crippen molar-refractivity contribution >= 4 is 91.7 Å². The van der Waals surface area contributed by atoms with Gasteiger partial charge in [0.15, 0.2) is 0 Å². The van der Waals surface area contributed by atoms with E-state index in [1.54, 1.807) is 0 Å². The Balaban J connectivity index is 1.04. The fourth-order valence-corrected chi connectivity index (χ4v) is 10.8. The molecule has 0 saturated heterocycles. The van der Waals surface area contributed by atoms with Crippen molar-refractivity contribution in [3.8, 4) is 33.4 Å². The minimum atomic E-state index is 1.11. The molecule has 0 aliphatic heterocycles. The summed E-state index contributed by atoms with van der Waals surface area (Å²) in [5, 5.41) is 12.8. The molecule has 0 atom stereocenters. The van der Waals surface area contributed by atoms with Crippen LogP contribution in [0, 0.1) is 0 Å². The SMILES string of the molecule is c1ccc(-c2ccc(N(c3cccc(-c4cccc5c4sc4c(-c6cccc7ccccc67)cccc45)c3)c3ccc4c5ccccc5c5ccccc5c4c3)cc2)cc1. The summed E-state index contributed by atoms with van der Waals surface area (Å²) >= 11 is 1.91. The highest BCUT2D eigenvalue weighted by atomic mass is 32.1. The van der Waals surface area contributed by atoms with Crippen molar-refractivity contribution in [1.82, 2.24) is 0 Å². The molecule has 280 valence electrons. The minimum absolute atomic E-state index is 1.11. The minimum Gasteiger partial charge on any atom is -0.310 e. The first kappa shape index (κ1) is 34.5. The summed E-state index contributed by atoms with van der Waals surface area (Å²) in [5.74, 6) is 0. The normalized spacial score (nSPS) is 11.7. The van der Waals surface area contributed by atoms with Crippen molar-refractivity contribution < 1.29 is 0 Å².